The summed E-state index contributed by atoms with van der Waals surface area (Å²) in [5.74, 6) is 0.279. The van der Waals surface area contributed by atoms with Crippen molar-refractivity contribution in [1.29, 1.82) is 0 Å². The molecule has 0 spiro atoms. The molecule has 64 valence electrons. The zero-order valence-electron chi connectivity index (χ0n) is 7.05. The van der Waals surface area contributed by atoms with Crippen molar-refractivity contribution in [2.24, 2.45) is 5.92 Å². The van der Waals surface area contributed by atoms with Crippen LogP contribution in [0.3, 0.4) is 0 Å². The number of aliphatic hydroxyl groups excluding tert-OH is 1. The lowest BCUT2D eigenvalue weighted by molar-refractivity contribution is 0.00440. The van der Waals surface area contributed by atoms with Gasteiger partial charge >= 0.3 is 0 Å². The van der Waals surface area contributed by atoms with E-state index in [9.17, 15) is 5.11 Å². The van der Waals surface area contributed by atoms with Gasteiger partial charge in [-0.1, -0.05) is 12.2 Å². The van der Waals surface area contributed by atoms with Gasteiger partial charge in [0.25, 0.3) is 0 Å². The van der Waals surface area contributed by atoms with E-state index in [4.69, 9.17) is 4.74 Å². The second-order valence-corrected chi connectivity index (χ2v) is 3.27. The third-order valence-corrected chi connectivity index (χ3v) is 2.15. The lowest BCUT2D eigenvalue weighted by Gasteiger charge is -2.26. The van der Waals surface area contributed by atoms with Gasteiger partial charge < -0.3 is 9.84 Å². The Morgan fingerprint density at radius 2 is 2.45 bits per heavy atom. The summed E-state index contributed by atoms with van der Waals surface area (Å²) in [6.45, 7) is 7.12. The molecule has 0 radical (unpaired) electrons. The molecule has 2 nitrogen and oxygen atoms in total. The molecule has 11 heavy (non-hydrogen) atoms. The molecular formula is C9H16O2. The van der Waals surface area contributed by atoms with Gasteiger partial charge in [-0.25, -0.2) is 0 Å². The van der Waals surface area contributed by atoms with Crippen LogP contribution >= 0.6 is 0 Å². The molecule has 1 rings (SSSR count). The molecule has 1 aliphatic heterocycles. The first-order valence-electron chi connectivity index (χ1n) is 4.13. The molecule has 0 aromatic carbocycles. The van der Waals surface area contributed by atoms with Crippen LogP contribution in [0.15, 0.2) is 12.2 Å². The van der Waals surface area contributed by atoms with E-state index in [0.717, 1.165) is 25.0 Å². The second-order valence-electron chi connectivity index (χ2n) is 3.27. The lowest BCUT2D eigenvalue weighted by atomic mass is 9.92. The quantitative estimate of drug-likeness (QED) is 0.611. The van der Waals surface area contributed by atoms with Crippen molar-refractivity contribution in [2.45, 2.75) is 25.9 Å². The number of aliphatic hydroxyl groups is 1. The minimum atomic E-state index is -0.365. The molecule has 1 aliphatic rings. The summed E-state index contributed by atoms with van der Waals surface area (Å²) in [7, 11) is 0. The summed E-state index contributed by atoms with van der Waals surface area (Å²) >= 11 is 0. The first-order valence-corrected chi connectivity index (χ1v) is 4.13. The Kier molecular flexibility index (Phi) is 3.09. The van der Waals surface area contributed by atoms with Gasteiger partial charge in [-0.05, 0) is 19.8 Å². The molecule has 2 atom stereocenters. The molecule has 1 saturated heterocycles. The molecule has 0 amide bonds. The maximum atomic E-state index is 9.57. The van der Waals surface area contributed by atoms with Crippen LogP contribution in [0.5, 0.6) is 0 Å². The van der Waals surface area contributed by atoms with Gasteiger partial charge in [0.2, 0.25) is 0 Å². The first kappa shape index (κ1) is 8.75. The number of hydrogen-bond acceptors (Lipinski definition) is 2. The van der Waals surface area contributed by atoms with Gasteiger partial charge in [-0.2, -0.15) is 0 Å². The maximum absolute atomic E-state index is 9.57. The number of ether oxygens (including phenoxy) is 1. The first-order chi connectivity index (χ1) is 5.22. The Balaban J connectivity index is 2.38. The predicted octanol–water partition coefficient (Wildman–Crippen LogP) is 1.35. The monoisotopic (exact) mass is 156 g/mol. The Morgan fingerprint density at radius 1 is 1.73 bits per heavy atom. The SMILES string of the molecule is C=C(C)C(O)C1CCCOC1. The molecule has 1 N–H and O–H groups in total. The van der Waals surface area contributed by atoms with Crippen LogP contribution in [0.4, 0.5) is 0 Å². The van der Waals surface area contributed by atoms with Crippen molar-refractivity contribution in [3.63, 3.8) is 0 Å². The van der Waals surface area contributed by atoms with Gasteiger partial charge in [-0.15, -0.1) is 0 Å². The minimum Gasteiger partial charge on any atom is -0.388 e. The summed E-state index contributed by atoms with van der Waals surface area (Å²) in [5.41, 5.74) is 0.848. The topological polar surface area (TPSA) is 29.5 Å². The van der Waals surface area contributed by atoms with Crippen molar-refractivity contribution >= 4 is 0 Å². The second kappa shape index (κ2) is 3.88. The Bertz CT molecular complexity index is 136. The smallest absolute Gasteiger partial charge is 0.0794 e. The highest BCUT2D eigenvalue weighted by Crippen LogP contribution is 2.20. The third kappa shape index (κ3) is 2.31. The van der Waals surface area contributed by atoms with Gasteiger partial charge in [0.15, 0.2) is 0 Å². The molecule has 0 aromatic rings. The molecular weight excluding hydrogens is 140 g/mol. The summed E-state index contributed by atoms with van der Waals surface area (Å²) in [6, 6.07) is 0. The van der Waals surface area contributed by atoms with E-state index >= 15 is 0 Å². The lowest BCUT2D eigenvalue weighted by Crippen LogP contribution is -2.29. The van der Waals surface area contributed by atoms with Crippen molar-refractivity contribution in [3.8, 4) is 0 Å². The number of rotatable bonds is 2. The van der Waals surface area contributed by atoms with E-state index in [2.05, 4.69) is 6.58 Å². The zero-order chi connectivity index (χ0) is 8.27. The fourth-order valence-electron chi connectivity index (χ4n) is 1.42. The van der Waals surface area contributed by atoms with E-state index in [1.807, 2.05) is 6.92 Å². The van der Waals surface area contributed by atoms with Gasteiger partial charge in [0, 0.05) is 12.5 Å². The average Bonchev–Trinajstić information content (AvgIpc) is 2.05. The van der Waals surface area contributed by atoms with E-state index in [1.165, 1.54) is 0 Å². The average molecular weight is 156 g/mol. The molecule has 0 saturated carbocycles. The van der Waals surface area contributed by atoms with Crippen LogP contribution in [0.1, 0.15) is 19.8 Å². The van der Waals surface area contributed by atoms with Crippen LogP contribution in [0.2, 0.25) is 0 Å². The highest BCUT2D eigenvalue weighted by atomic mass is 16.5. The van der Waals surface area contributed by atoms with Crippen molar-refractivity contribution in [1.82, 2.24) is 0 Å². The van der Waals surface area contributed by atoms with E-state index in [-0.39, 0.29) is 12.0 Å². The fraction of sp³-hybridized carbons (Fsp3) is 0.778. The Morgan fingerprint density at radius 3 is 2.91 bits per heavy atom. The van der Waals surface area contributed by atoms with Gasteiger partial charge in [0.05, 0.1) is 12.7 Å². The molecule has 0 aromatic heterocycles. The number of hydrogen-bond donors (Lipinski definition) is 1. The van der Waals surface area contributed by atoms with Gasteiger partial charge in [0.1, 0.15) is 0 Å². The van der Waals surface area contributed by atoms with Crippen LogP contribution in [0, 0.1) is 5.92 Å². The van der Waals surface area contributed by atoms with Gasteiger partial charge in [-0.3, -0.25) is 0 Å². The fourth-order valence-corrected chi connectivity index (χ4v) is 1.42. The zero-order valence-corrected chi connectivity index (χ0v) is 7.05. The largest absolute Gasteiger partial charge is 0.388 e. The molecule has 2 heteroatoms. The Labute approximate surface area is 67.9 Å². The van der Waals surface area contributed by atoms with Crippen molar-refractivity contribution < 1.29 is 9.84 Å². The highest BCUT2D eigenvalue weighted by Gasteiger charge is 2.22. The highest BCUT2D eigenvalue weighted by molar-refractivity contribution is 5.00. The molecule has 0 bridgehead atoms. The summed E-state index contributed by atoms with van der Waals surface area (Å²) in [6.07, 6.45) is 1.76. The summed E-state index contributed by atoms with van der Waals surface area (Å²) in [5, 5.41) is 9.57. The normalized spacial score (nSPS) is 28.0. The van der Waals surface area contributed by atoms with E-state index in [0.29, 0.717) is 6.61 Å². The molecule has 1 fully saturated rings. The summed E-state index contributed by atoms with van der Waals surface area (Å²) in [4.78, 5) is 0. The van der Waals surface area contributed by atoms with E-state index < -0.39 is 0 Å². The van der Waals surface area contributed by atoms with Crippen molar-refractivity contribution in [3.05, 3.63) is 12.2 Å². The minimum absolute atomic E-state index is 0.279. The van der Waals surface area contributed by atoms with Crippen LogP contribution in [-0.2, 0) is 4.74 Å². The molecule has 0 aliphatic carbocycles. The molecule has 2 unspecified atom stereocenters. The van der Waals surface area contributed by atoms with Crippen LogP contribution in [-0.4, -0.2) is 24.4 Å². The third-order valence-electron chi connectivity index (χ3n) is 2.15. The van der Waals surface area contributed by atoms with Crippen molar-refractivity contribution in [2.75, 3.05) is 13.2 Å². The van der Waals surface area contributed by atoms with E-state index in [1.54, 1.807) is 0 Å². The van der Waals surface area contributed by atoms with Crippen LogP contribution in [0.25, 0.3) is 0 Å². The standard InChI is InChI=1S/C9H16O2/c1-7(2)9(10)8-4-3-5-11-6-8/h8-10H,1,3-6H2,2H3. The predicted molar refractivity (Wildman–Crippen MR) is 44.4 cm³/mol. The van der Waals surface area contributed by atoms with Crippen LogP contribution < -0.4 is 0 Å². The maximum Gasteiger partial charge on any atom is 0.0794 e. The molecule has 1 heterocycles. The Hall–Kier alpha value is -0.340. The summed E-state index contributed by atoms with van der Waals surface area (Å²) < 4.78 is 5.25.